The van der Waals surface area contributed by atoms with Gasteiger partial charge in [-0.1, -0.05) is 25.4 Å². The Hall–Kier alpha value is -1.02. The monoisotopic (exact) mass is 452 g/mol. The molecule has 0 bridgehead atoms. The Balaban J connectivity index is 0.00000484. The molecule has 0 fully saturated rings. The van der Waals surface area contributed by atoms with E-state index in [0.717, 1.165) is 18.7 Å². The van der Waals surface area contributed by atoms with Crippen molar-refractivity contribution in [3.63, 3.8) is 0 Å². The Bertz CT molecular complexity index is 491. The van der Waals surface area contributed by atoms with E-state index in [1.54, 1.807) is 24.3 Å². The quantitative estimate of drug-likeness (QED) is 0.244. The number of nitrogens with two attached hydrogens (primary N) is 1. The van der Waals surface area contributed by atoms with Crippen molar-refractivity contribution in [3.05, 3.63) is 29.3 Å². The molecule has 1 amide bonds. The summed E-state index contributed by atoms with van der Waals surface area (Å²) in [7, 11) is 0. The second-order valence-corrected chi connectivity index (χ2v) is 5.97. The molecule has 0 aliphatic heterocycles. The highest BCUT2D eigenvalue weighted by molar-refractivity contribution is 14.0. The molecule has 0 aromatic heterocycles. The van der Waals surface area contributed by atoms with Crippen LogP contribution in [0.3, 0.4) is 0 Å². The Morgan fingerprint density at radius 2 is 1.96 bits per heavy atom. The molecule has 5 nitrogen and oxygen atoms in total. The highest BCUT2D eigenvalue weighted by Gasteiger charge is 2.02. The number of nitrogens with one attached hydrogen (secondary N) is 2. The number of carbonyl (C=O) groups is 1. The first kappa shape index (κ1) is 22.0. The Morgan fingerprint density at radius 3 is 2.57 bits per heavy atom. The number of rotatable bonds is 8. The number of aliphatic imine (C=N–C) groups is 1. The molecular weight excluding hydrogens is 427 g/mol. The maximum Gasteiger partial charge on any atom is 0.224 e. The van der Waals surface area contributed by atoms with Crippen LogP contribution in [0.1, 0.15) is 33.1 Å². The van der Waals surface area contributed by atoms with Crippen LogP contribution in [0.5, 0.6) is 0 Å². The largest absolute Gasteiger partial charge is 0.370 e. The SMILES string of the molecule is CC(C)CCNC(N)=NCCCC(=O)Nc1ccc(Cl)cc1.I. The molecule has 0 aliphatic rings. The molecule has 1 aromatic rings. The van der Waals surface area contributed by atoms with Gasteiger partial charge in [0.25, 0.3) is 0 Å². The van der Waals surface area contributed by atoms with Crippen LogP contribution in [0.15, 0.2) is 29.3 Å². The average molecular weight is 453 g/mol. The third kappa shape index (κ3) is 11.2. The maximum atomic E-state index is 11.7. The molecule has 7 heteroatoms. The summed E-state index contributed by atoms with van der Waals surface area (Å²) in [4.78, 5) is 15.9. The molecule has 0 unspecified atom stereocenters. The van der Waals surface area contributed by atoms with Gasteiger partial charge in [-0.3, -0.25) is 9.79 Å². The maximum absolute atomic E-state index is 11.7. The lowest BCUT2D eigenvalue weighted by molar-refractivity contribution is -0.116. The zero-order valence-corrected chi connectivity index (χ0v) is 16.7. The van der Waals surface area contributed by atoms with E-state index in [0.29, 0.717) is 36.3 Å². The number of hydrogen-bond donors (Lipinski definition) is 3. The predicted molar refractivity (Wildman–Crippen MR) is 109 cm³/mol. The molecule has 0 aliphatic carbocycles. The molecule has 0 radical (unpaired) electrons. The fourth-order valence-corrected chi connectivity index (χ4v) is 1.87. The van der Waals surface area contributed by atoms with E-state index in [1.165, 1.54) is 0 Å². The van der Waals surface area contributed by atoms with Gasteiger partial charge in [-0.15, -0.1) is 24.0 Å². The second kappa shape index (κ2) is 12.4. The lowest BCUT2D eigenvalue weighted by atomic mass is 10.1. The second-order valence-electron chi connectivity index (χ2n) is 5.53. The molecule has 1 aromatic carbocycles. The number of guanidine groups is 1. The Morgan fingerprint density at radius 1 is 1.30 bits per heavy atom. The molecule has 0 heterocycles. The van der Waals surface area contributed by atoms with Crippen molar-refractivity contribution in [2.75, 3.05) is 18.4 Å². The zero-order chi connectivity index (χ0) is 16.4. The number of halogens is 2. The number of hydrogen-bond acceptors (Lipinski definition) is 2. The minimum Gasteiger partial charge on any atom is -0.370 e. The first-order valence-corrected chi connectivity index (χ1v) is 7.94. The fourth-order valence-electron chi connectivity index (χ4n) is 1.74. The van der Waals surface area contributed by atoms with E-state index < -0.39 is 0 Å². The summed E-state index contributed by atoms with van der Waals surface area (Å²) in [5.41, 5.74) is 6.48. The molecule has 4 N–H and O–H groups in total. The van der Waals surface area contributed by atoms with Crippen molar-refractivity contribution >= 4 is 53.1 Å². The average Bonchev–Trinajstić information content (AvgIpc) is 2.46. The third-order valence-electron chi connectivity index (χ3n) is 3.00. The van der Waals surface area contributed by atoms with Crippen LogP contribution >= 0.6 is 35.6 Å². The summed E-state index contributed by atoms with van der Waals surface area (Å²) in [6.07, 6.45) is 2.12. The van der Waals surface area contributed by atoms with Crippen LogP contribution < -0.4 is 16.4 Å². The van der Waals surface area contributed by atoms with E-state index in [-0.39, 0.29) is 29.9 Å². The van der Waals surface area contributed by atoms with E-state index in [4.69, 9.17) is 17.3 Å². The van der Waals surface area contributed by atoms with Crippen LogP contribution in [-0.2, 0) is 4.79 Å². The lowest BCUT2D eigenvalue weighted by Crippen LogP contribution is -2.33. The molecule has 0 spiro atoms. The minimum absolute atomic E-state index is 0. The van der Waals surface area contributed by atoms with Gasteiger partial charge in [0.1, 0.15) is 0 Å². The molecule has 0 atom stereocenters. The topological polar surface area (TPSA) is 79.5 Å². The van der Waals surface area contributed by atoms with Gasteiger partial charge in [0.15, 0.2) is 5.96 Å². The van der Waals surface area contributed by atoms with Gasteiger partial charge < -0.3 is 16.4 Å². The zero-order valence-electron chi connectivity index (χ0n) is 13.6. The number of carbonyl (C=O) groups excluding carboxylic acids is 1. The summed E-state index contributed by atoms with van der Waals surface area (Å²) in [5, 5.41) is 6.52. The van der Waals surface area contributed by atoms with Crippen LogP contribution in [0, 0.1) is 5.92 Å². The minimum atomic E-state index is -0.0381. The standard InChI is InChI=1S/C16H25ClN4O.HI/c1-12(2)9-11-20-16(18)19-10-3-4-15(22)21-14-7-5-13(17)6-8-14;/h5-8,12H,3-4,9-11H2,1-2H3,(H,21,22)(H3,18,19,20);1H. The van der Waals surface area contributed by atoms with Gasteiger partial charge in [0.2, 0.25) is 5.91 Å². The van der Waals surface area contributed by atoms with Gasteiger partial charge in [-0.2, -0.15) is 0 Å². The molecular formula is C16H26ClIN4O. The molecule has 130 valence electrons. The van der Waals surface area contributed by atoms with Crippen molar-refractivity contribution in [1.82, 2.24) is 5.32 Å². The summed E-state index contributed by atoms with van der Waals surface area (Å²) < 4.78 is 0. The molecule has 0 saturated heterocycles. The van der Waals surface area contributed by atoms with Gasteiger partial charge in [-0.05, 0) is 43.0 Å². The predicted octanol–water partition coefficient (Wildman–Crippen LogP) is 3.63. The first-order valence-electron chi connectivity index (χ1n) is 7.56. The Kier molecular flexibility index (Phi) is 11.9. The highest BCUT2D eigenvalue weighted by Crippen LogP contribution is 2.13. The van der Waals surface area contributed by atoms with Crippen LogP contribution in [0.25, 0.3) is 0 Å². The normalized spacial score (nSPS) is 11.0. The summed E-state index contributed by atoms with van der Waals surface area (Å²) >= 11 is 5.79. The summed E-state index contributed by atoms with van der Waals surface area (Å²) in [5.74, 6) is 1.04. The van der Waals surface area contributed by atoms with Crippen molar-refractivity contribution in [2.45, 2.75) is 33.1 Å². The van der Waals surface area contributed by atoms with E-state index in [1.807, 2.05) is 0 Å². The van der Waals surface area contributed by atoms with Gasteiger partial charge in [-0.25, -0.2) is 0 Å². The molecule has 0 saturated carbocycles. The fraction of sp³-hybridized carbons (Fsp3) is 0.500. The van der Waals surface area contributed by atoms with Gasteiger partial charge in [0, 0.05) is 30.2 Å². The van der Waals surface area contributed by atoms with Crippen LogP contribution in [-0.4, -0.2) is 25.0 Å². The van der Waals surface area contributed by atoms with Gasteiger partial charge in [0.05, 0.1) is 0 Å². The smallest absolute Gasteiger partial charge is 0.224 e. The highest BCUT2D eigenvalue weighted by atomic mass is 127. The summed E-state index contributed by atoms with van der Waals surface area (Å²) in [6, 6.07) is 7.03. The van der Waals surface area contributed by atoms with Crippen LogP contribution in [0.2, 0.25) is 5.02 Å². The molecule has 1 rings (SSSR count). The van der Waals surface area contributed by atoms with E-state index in [2.05, 4.69) is 29.5 Å². The van der Waals surface area contributed by atoms with E-state index >= 15 is 0 Å². The Labute approximate surface area is 160 Å². The first-order chi connectivity index (χ1) is 10.5. The van der Waals surface area contributed by atoms with Crippen LogP contribution in [0.4, 0.5) is 5.69 Å². The summed E-state index contributed by atoms with van der Waals surface area (Å²) in [6.45, 7) is 5.68. The third-order valence-corrected chi connectivity index (χ3v) is 3.25. The molecule has 23 heavy (non-hydrogen) atoms. The van der Waals surface area contributed by atoms with Crippen molar-refractivity contribution < 1.29 is 4.79 Å². The number of amides is 1. The van der Waals surface area contributed by atoms with Crippen molar-refractivity contribution in [2.24, 2.45) is 16.6 Å². The van der Waals surface area contributed by atoms with Crippen molar-refractivity contribution in [1.29, 1.82) is 0 Å². The number of anilines is 1. The van der Waals surface area contributed by atoms with Gasteiger partial charge >= 0.3 is 0 Å². The van der Waals surface area contributed by atoms with E-state index in [9.17, 15) is 4.79 Å². The lowest BCUT2D eigenvalue weighted by Gasteiger charge is -2.07. The number of nitrogens with zero attached hydrogens (tertiary/aromatic N) is 1. The number of benzene rings is 1. The van der Waals surface area contributed by atoms with Crippen molar-refractivity contribution in [3.8, 4) is 0 Å².